The lowest BCUT2D eigenvalue weighted by Gasteiger charge is -2.30. The minimum Gasteiger partial charge on any atom is -0.380 e. The zero-order valence-corrected chi connectivity index (χ0v) is 14.0. The molecule has 0 heterocycles. The van der Waals surface area contributed by atoms with Crippen LogP contribution in [-0.2, 0) is 5.60 Å². The Bertz CT molecular complexity index is 530. The number of benzene rings is 2. The van der Waals surface area contributed by atoms with Gasteiger partial charge in [-0.25, -0.2) is 0 Å². The average molecular weight is 308 g/mol. The molecular weight excluding hydrogens is 280 g/mol. The molecule has 1 saturated carbocycles. The minimum absolute atomic E-state index is 0.803. The summed E-state index contributed by atoms with van der Waals surface area (Å²) in [6.45, 7) is 0. The van der Waals surface area contributed by atoms with Gasteiger partial charge in [-0.05, 0) is 29.9 Å². The van der Waals surface area contributed by atoms with Crippen LogP contribution in [0.5, 0.6) is 0 Å². The second kappa shape index (κ2) is 7.79. The molecule has 0 spiro atoms. The first-order chi connectivity index (χ1) is 11.3. The summed E-state index contributed by atoms with van der Waals surface area (Å²) in [6, 6.07) is 20.3. The summed E-state index contributed by atoms with van der Waals surface area (Å²) in [5.74, 6) is 0.875. The molecule has 1 fully saturated rings. The fourth-order valence-electron chi connectivity index (χ4n) is 4.01. The highest BCUT2D eigenvalue weighted by molar-refractivity contribution is 5.35. The average Bonchev–Trinajstić information content (AvgIpc) is 2.64. The van der Waals surface area contributed by atoms with Crippen molar-refractivity contribution in [2.24, 2.45) is 5.92 Å². The summed E-state index contributed by atoms with van der Waals surface area (Å²) in [4.78, 5) is 0. The summed E-state index contributed by atoms with van der Waals surface area (Å²) in [5, 5.41) is 11.5. The molecule has 2 aromatic rings. The molecule has 0 bridgehead atoms. The van der Waals surface area contributed by atoms with E-state index in [1.165, 1.54) is 38.5 Å². The van der Waals surface area contributed by atoms with Crippen LogP contribution in [0.15, 0.2) is 60.7 Å². The summed E-state index contributed by atoms with van der Waals surface area (Å²) in [6.07, 6.45) is 10.1. The van der Waals surface area contributed by atoms with E-state index < -0.39 is 5.60 Å². The molecule has 3 rings (SSSR count). The fourth-order valence-corrected chi connectivity index (χ4v) is 4.01. The van der Waals surface area contributed by atoms with Gasteiger partial charge in [0.1, 0.15) is 5.60 Å². The van der Waals surface area contributed by atoms with Crippen LogP contribution in [0.2, 0.25) is 0 Å². The molecule has 0 amide bonds. The van der Waals surface area contributed by atoms with Crippen LogP contribution in [0.3, 0.4) is 0 Å². The van der Waals surface area contributed by atoms with Crippen LogP contribution in [0.4, 0.5) is 0 Å². The molecule has 0 aliphatic heterocycles. The van der Waals surface area contributed by atoms with Crippen molar-refractivity contribution >= 4 is 0 Å². The number of aliphatic hydroxyl groups is 1. The van der Waals surface area contributed by atoms with Crippen LogP contribution in [0, 0.1) is 5.92 Å². The van der Waals surface area contributed by atoms with Crippen molar-refractivity contribution < 1.29 is 5.11 Å². The van der Waals surface area contributed by atoms with E-state index in [2.05, 4.69) is 0 Å². The van der Waals surface area contributed by atoms with Crippen molar-refractivity contribution in [3.63, 3.8) is 0 Å². The van der Waals surface area contributed by atoms with Crippen molar-refractivity contribution in [1.82, 2.24) is 0 Å². The maximum atomic E-state index is 11.5. The van der Waals surface area contributed by atoms with Crippen molar-refractivity contribution in [3.8, 4) is 0 Å². The van der Waals surface area contributed by atoms with Gasteiger partial charge < -0.3 is 5.11 Å². The van der Waals surface area contributed by atoms with Gasteiger partial charge in [0.05, 0.1) is 0 Å². The predicted molar refractivity (Wildman–Crippen MR) is 96.3 cm³/mol. The van der Waals surface area contributed by atoms with Crippen molar-refractivity contribution in [2.45, 2.75) is 57.0 Å². The van der Waals surface area contributed by atoms with Gasteiger partial charge in [0.2, 0.25) is 0 Å². The molecule has 0 atom stereocenters. The lowest BCUT2D eigenvalue weighted by molar-refractivity contribution is 0.0659. The van der Waals surface area contributed by atoms with E-state index in [-0.39, 0.29) is 0 Å². The molecule has 0 radical (unpaired) electrons. The van der Waals surface area contributed by atoms with Crippen molar-refractivity contribution in [1.29, 1.82) is 0 Å². The van der Waals surface area contributed by atoms with Crippen LogP contribution < -0.4 is 0 Å². The third kappa shape index (κ3) is 4.03. The molecule has 2 aromatic carbocycles. The zero-order chi connectivity index (χ0) is 16.0. The second-order valence-corrected chi connectivity index (χ2v) is 6.99. The highest BCUT2D eigenvalue weighted by Gasteiger charge is 2.31. The molecule has 23 heavy (non-hydrogen) atoms. The van der Waals surface area contributed by atoms with Gasteiger partial charge in [-0.2, -0.15) is 0 Å². The van der Waals surface area contributed by atoms with Crippen molar-refractivity contribution in [2.75, 3.05) is 0 Å². The smallest absolute Gasteiger partial charge is 0.115 e. The molecule has 0 saturated heterocycles. The van der Waals surface area contributed by atoms with E-state index in [1.54, 1.807) is 0 Å². The fraction of sp³-hybridized carbons (Fsp3) is 0.455. The van der Waals surface area contributed by atoms with E-state index in [4.69, 9.17) is 0 Å². The Morgan fingerprint density at radius 2 is 1.30 bits per heavy atom. The summed E-state index contributed by atoms with van der Waals surface area (Å²) < 4.78 is 0. The van der Waals surface area contributed by atoms with Gasteiger partial charge in [0.25, 0.3) is 0 Å². The van der Waals surface area contributed by atoms with Gasteiger partial charge in [0.15, 0.2) is 0 Å². The minimum atomic E-state index is -0.864. The summed E-state index contributed by atoms with van der Waals surface area (Å²) in [7, 11) is 0. The van der Waals surface area contributed by atoms with E-state index in [0.717, 1.165) is 29.9 Å². The maximum absolute atomic E-state index is 11.5. The third-order valence-electron chi connectivity index (χ3n) is 5.38. The number of hydrogen-bond donors (Lipinski definition) is 1. The second-order valence-electron chi connectivity index (χ2n) is 6.99. The zero-order valence-electron chi connectivity index (χ0n) is 14.0. The van der Waals surface area contributed by atoms with Crippen molar-refractivity contribution in [3.05, 3.63) is 71.8 Å². The van der Waals surface area contributed by atoms with Gasteiger partial charge >= 0.3 is 0 Å². The summed E-state index contributed by atoms with van der Waals surface area (Å²) >= 11 is 0. The largest absolute Gasteiger partial charge is 0.380 e. The quantitative estimate of drug-likeness (QED) is 0.728. The first kappa shape index (κ1) is 16.3. The highest BCUT2D eigenvalue weighted by Crippen LogP contribution is 2.36. The van der Waals surface area contributed by atoms with E-state index in [9.17, 15) is 5.11 Å². The van der Waals surface area contributed by atoms with Crippen LogP contribution in [-0.4, -0.2) is 5.11 Å². The Hall–Kier alpha value is -1.60. The standard InChI is InChI=1S/C22H28O/c23-22(20-14-6-2-7-15-20,21-16-8-3-9-17-21)18-10-13-19-11-4-1-5-12-19/h2-3,6-9,14-17,19,23H,1,4-5,10-13,18H2. The van der Waals surface area contributed by atoms with Gasteiger partial charge in [0, 0.05) is 0 Å². The first-order valence-electron chi connectivity index (χ1n) is 9.12. The maximum Gasteiger partial charge on any atom is 0.115 e. The van der Waals surface area contributed by atoms with Gasteiger partial charge in [-0.1, -0.05) is 99.2 Å². The Balaban J connectivity index is 1.73. The SMILES string of the molecule is OC(CCCC1CCCCC1)(c1ccccc1)c1ccccc1. The molecule has 1 heteroatoms. The highest BCUT2D eigenvalue weighted by atomic mass is 16.3. The Kier molecular flexibility index (Phi) is 5.51. The molecule has 122 valence electrons. The molecule has 0 unspecified atom stereocenters. The monoisotopic (exact) mass is 308 g/mol. The number of rotatable bonds is 6. The first-order valence-corrected chi connectivity index (χ1v) is 9.12. The third-order valence-corrected chi connectivity index (χ3v) is 5.38. The van der Waals surface area contributed by atoms with Crippen LogP contribution >= 0.6 is 0 Å². The lowest BCUT2D eigenvalue weighted by atomic mass is 9.79. The van der Waals surface area contributed by atoms with Gasteiger partial charge in [-0.3, -0.25) is 0 Å². The van der Waals surface area contributed by atoms with Gasteiger partial charge in [-0.15, -0.1) is 0 Å². The van der Waals surface area contributed by atoms with Crippen LogP contribution in [0.25, 0.3) is 0 Å². The Labute approximate surface area is 140 Å². The van der Waals surface area contributed by atoms with E-state index >= 15 is 0 Å². The molecule has 1 aliphatic carbocycles. The lowest BCUT2D eigenvalue weighted by Crippen LogP contribution is -2.27. The summed E-state index contributed by atoms with van der Waals surface area (Å²) in [5.41, 5.74) is 1.15. The Morgan fingerprint density at radius 1 is 0.783 bits per heavy atom. The molecular formula is C22H28O. The topological polar surface area (TPSA) is 20.2 Å². The van der Waals surface area contributed by atoms with E-state index in [1.807, 2.05) is 60.7 Å². The molecule has 0 aromatic heterocycles. The van der Waals surface area contributed by atoms with E-state index in [0.29, 0.717) is 0 Å². The molecule has 1 nitrogen and oxygen atoms in total. The van der Waals surface area contributed by atoms with Crippen LogP contribution in [0.1, 0.15) is 62.5 Å². The predicted octanol–water partition coefficient (Wildman–Crippen LogP) is 5.67. The molecule has 1 N–H and O–H groups in total. The normalized spacial score (nSPS) is 16.4. The Morgan fingerprint density at radius 3 is 1.83 bits per heavy atom. The molecule has 1 aliphatic rings. The number of hydrogen-bond acceptors (Lipinski definition) is 1.